The number of carbonyl (C=O) groups excluding carboxylic acids is 2. The fraction of sp³-hybridized carbons (Fsp3) is 0.696. The lowest BCUT2D eigenvalue weighted by molar-refractivity contribution is -0.176. The minimum Gasteiger partial charge on any atom is -0.457 e. The van der Waals surface area contributed by atoms with Crippen molar-refractivity contribution in [2.75, 3.05) is 0 Å². The van der Waals surface area contributed by atoms with Crippen LogP contribution in [0.1, 0.15) is 78.1 Å². The van der Waals surface area contributed by atoms with E-state index in [1.54, 1.807) is 5.57 Å². The van der Waals surface area contributed by atoms with Crippen LogP contribution in [0.25, 0.3) is 0 Å². The lowest BCUT2D eigenvalue weighted by atomic mass is 9.54. The Morgan fingerprint density at radius 2 is 2.07 bits per heavy atom. The van der Waals surface area contributed by atoms with Gasteiger partial charge in [-0.2, -0.15) is 5.26 Å². The van der Waals surface area contributed by atoms with Crippen molar-refractivity contribution in [2.45, 2.75) is 83.7 Å². The number of nitrogens with zero attached hydrogens (tertiary/aromatic N) is 1. The summed E-state index contributed by atoms with van der Waals surface area (Å²) in [4.78, 5) is 24.0. The standard InChI is InChI=1S/C23H29NO3/c1-3-21(26)27-23(12-13-24)11-9-20-19-6-4-15-14-16(25)5-7-17(15)18(19)8-10-22(20,23)2/h14,19-20H,3-12H2,1-2H3/t19?,20?,22-,23+/m0/s1. The molecule has 0 aromatic heterocycles. The monoisotopic (exact) mass is 367 g/mol. The molecule has 4 heteroatoms. The molecule has 4 rings (SSSR count). The maximum absolute atomic E-state index is 12.2. The van der Waals surface area contributed by atoms with Gasteiger partial charge >= 0.3 is 5.97 Å². The highest BCUT2D eigenvalue weighted by atomic mass is 16.6. The zero-order valence-corrected chi connectivity index (χ0v) is 16.5. The maximum Gasteiger partial charge on any atom is 0.306 e. The van der Waals surface area contributed by atoms with Crippen LogP contribution in [0, 0.1) is 28.6 Å². The first-order valence-electron chi connectivity index (χ1n) is 10.5. The van der Waals surface area contributed by atoms with Crippen molar-refractivity contribution >= 4 is 11.8 Å². The molecular weight excluding hydrogens is 338 g/mol. The van der Waals surface area contributed by atoms with Gasteiger partial charge in [0.15, 0.2) is 5.78 Å². The quantitative estimate of drug-likeness (QED) is 0.672. The van der Waals surface area contributed by atoms with Crippen LogP contribution < -0.4 is 0 Å². The molecule has 4 aliphatic carbocycles. The average molecular weight is 367 g/mol. The summed E-state index contributed by atoms with van der Waals surface area (Å²) < 4.78 is 6.03. The molecule has 0 bridgehead atoms. The van der Waals surface area contributed by atoms with Gasteiger partial charge in [0.2, 0.25) is 0 Å². The SMILES string of the molecule is CCC(=O)O[C@@]1(CC#N)CCC2C3CCC4=CC(=O)CCC4=C3CC[C@@]21C. The lowest BCUT2D eigenvalue weighted by Gasteiger charge is -2.52. The van der Waals surface area contributed by atoms with Gasteiger partial charge in [-0.25, -0.2) is 0 Å². The second-order valence-electron chi connectivity index (χ2n) is 9.00. The molecule has 0 aromatic rings. The third-order valence-corrected chi connectivity index (χ3v) is 7.98. The number of rotatable bonds is 3. The molecule has 144 valence electrons. The number of ketones is 1. The fourth-order valence-electron chi connectivity index (χ4n) is 6.54. The molecule has 0 amide bonds. The second kappa shape index (κ2) is 6.62. The van der Waals surface area contributed by atoms with Gasteiger partial charge in [-0.05, 0) is 74.0 Å². The average Bonchev–Trinajstić information content (AvgIpc) is 2.94. The molecule has 27 heavy (non-hydrogen) atoms. The summed E-state index contributed by atoms with van der Waals surface area (Å²) in [7, 11) is 0. The summed E-state index contributed by atoms with van der Waals surface area (Å²) in [5.74, 6) is 1.07. The Morgan fingerprint density at radius 3 is 2.81 bits per heavy atom. The number of allylic oxidation sites excluding steroid dienone is 4. The molecule has 0 aliphatic heterocycles. The number of fused-ring (bicyclic) bond motifs is 4. The molecule has 0 aromatic carbocycles. The van der Waals surface area contributed by atoms with E-state index in [2.05, 4.69) is 13.0 Å². The summed E-state index contributed by atoms with van der Waals surface area (Å²) in [6.45, 7) is 4.09. The minimum atomic E-state index is -0.631. The van der Waals surface area contributed by atoms with Crippen LogP contribution in [0.3, 0.4) is 0 Å². The Labute approximate surface area is 161 Å². The highest BCUT2D eigenvalue weighted by molar-refractivity contribution is 5.93. The van der Waals surface area contributed by atoms with Crippen LogP contribution in [0.5, 0.6) is 0 Å². The predicted molar refractivity (Wildman–Crippen MR) is 101 cm³/mol. The van der Waals surface area contributed by atoms with Crippen molar-refractivity contribution in [1.82, 2.24) is 0 Å². The van der Waals surface area contributed by atoms with E-state index in [9.17, 15) is 14.9 Å². The van der Waals surface area contributed by atoms with Gasteiger partial charge in [0.1, 0.15) is 5.60 Å². The van der Waals surface area contributed by atoms with Crippen LogP contribution in [0.2, 0.25) is 0 Å². The molecule has 2 saturated carbocycles. The van der Waals surface area contributed by atoms with Gasteiger partial charge < -0.3 is 4.74 Å². The van der Waals surface area contributed by atoms with Crippen molar-refractivity contribution in [1.29, 1.82) is 5.26 Å². The van der Waals surface area contributed by atoms with Gasteiger partial charge in [-0.15, -0.1) is 0 Å². The topological polar surface area (TPSA) is 67.2 Å². The van der Waals surface area contributed by atoms with E-state index in [1.165, 1.54) is 11.1 Å². The first-order chi connectivity index (χ1) is 12.9. The molecule has 2 unspecified atom stereocenters. The third-order valence-electron chi connectivity index (χ3n) is 7.98. The molecule has 4 nitrogen and oxygen atoms in total. The van der Waals surface area contributed by atoms with E-state index in [4.69, 9.17) is 4.74 Å². The van der Waals surface area contributed by atoms with Gasteiger partial charge in [0.25, 0.3) is 0 Å². The van der Waals surface area contributed by atoms with E-state index in [0.717, 1.165) is 44.9 Å². The van der Waals surface area contributed by atoms with Crippen molar-refractivity contribution in [2.24, 2.45) is 17.3 Å². The van der Waals surface area contributed by atoms with Gasteiger partial charge in [-0.1, -0.05) is 19.4 Å². The van der Waals surface area contributed by atoms with E-state index in [0.29, 0.717) is 31.1 Å². The smallest absolute Gasteiger partial charge is 0.306 e. The number of ether oxygens (including phenoxy) is 1. The Morgan fingerprint density at radius 1 is 1.26 bits per heavy atom. The van der Waals surface area contributed by atoms with Gasteiger partial charge in [-0.3, -0.25) is 9.59 Å². The van der Waals surface area contributed by atoms with E-state index in [-0.39, 0.29) is 17.2 Å². The Kier molecular flexibility index (Phi) is 4.53. The number of carbonyl (C=O) groups is 2. The Bertz CT molecular complexity index is 786. The number of nitriles is 1. The molecule has 0 N–H and O–H groups in total. The number of hydrogen-bond donors (Lipinski definition) is 0. The molecule has 0 saturated heterocycles. The van der Waals surface area contributed by atoms with Gasteiger partial charge in [0, 0.05) is 18.3 Å². The summed E-state index contributed by atoms with van der Waals surface area (Å²) in [6, 6.07) is 2.32. The Hall–Kier alpha value is -1.89. The van der Waals surface area contributed by atoms with E-state index in [1.807, 2.05) is 13.0 Å². The summed E-state index contributed by atoms with van der Waals surface area (Å²) in [5.41, 5.74) is 3.54. The van der Waals surface area contributed by atoms with Crippen LogP contribution in [0.15, 0.2) is 22.8 Å². The van der Waals surface area contributed by atoms with Crippen molar-refractivity contribution in [3.63, 3.8) is 0 Å². The Balaban J connectivity index is 1.70. The molecule has 0 spiro atoms. The second-order valence-corrected chi connectivity index (χ2v) is 9.00. The van der Waals surface area contributed by atoms with Crippen molar-refractivity contribution in [3.05, 3.63) is 22.8 Å². The lowest BCUT2D eigenvalue weighted by Crippen LogP contribution is -2.52. The summed E-state index contributed by atoms with van der Waals surface area (Å²) >= 11 is 0. The van der Waals surface area contributed by atoms with Crippen molar-refractivity contribution in [3.8, 4) is 6.07 Å². The minimum absolute atomic E-state index is 0.131. The van der Waals surface area contributed by atoms with Crippen LogP contribution >= 0.6 is 0 Å². The van der Waals surface area contributed by atoms with E-state index < -0.39 is 5.60 Å². The number of esters is 1. The fourth-order valence-corrected chi connectivity index (χ4v) is 6.54. The largest absolute Gasteiger partial charge is 0.457 e. The van der Waals surface area contributed by atoms with Crippen LogP contribution in [-0.2, 0) is 14.3 Å². The zero-order chi connectivity index (χ0) is 19.2. The molecule has 4 atom stereocenters. The van der Waals surface area contributed by atoms with Crippen molar-refractivity contribution < 1.29 is 14.3 Å². The normalized spacial score (nSPS) is 37.7. The third kappa shape index (κ3) is 2.70. The molecule has 0 radical (unpaired) electrons. The first kappa shape index (κ1) is 18.5. The first-order valence-corrected chi connectivity index (χ1v) is 10.5. The highest BCUT2D eigenvalue weighted by Crippen LogP contribution is 2.65. The van der Waals surface area contributed by atoms with Gasteiger partial charge in [0.05, 0.1) is 12.5 Å². The molecular formula is C23H29NO3. The highest BCUT2D eigenvalue weighted by Gasteiger charge is 2.63. The summed E-state index contributed by atoms with van der Waals surface area (Å²) in [6.07, 6.45) is 9.94. The molecule has 4 aliphatic rings. The van der Waals surface area contributed by atoms with E-state index >= 15 is 0 Å². The van der Waals surface area contributed by atoms with Crippen LogP contribution in [0.4, 0.5) is 0 Å². The maximum atomic E-state index is 12.2. The summed E-state index contributed by atoms with van der Waals surface area (Å²) in [5, 5.41) is 9.50. The number of hydrogen-bond acceptors (Lipinski definition) is 4. The predicted octanol–water partition coefficient (Wildman–Crippen LogP) is 4.80. The molecule has 0 heterocycles. The molecule has 2 fully saturated rings. The van der Waals surface area contributed by atoms with Crippen LogP contribution in [-0.4, -0.2) is 17.4 Å². The zero-order valence-electron chi connectivity index (χ0n) is 16.5.